The SMILES string of the molecule is O=C(NCCN1CCN(c2ncccn2)CC1)c1cccnc1Sc1ccccc1. The molecule has 3 aromatic rings. The lowest BCUT2D eigenvalue weighted by atomic mass is 10.2. The van der Waals surface area contributed by atoms with Crippen LogP contribution in [0.2, 0.25) is 0 Å². The maximum Gasteiger partial charge on any atom is 0.254 e. The van der Waals surface area contributed by atoms with Crippen LogP contribution >= 0.6 is 11.8 Å². The molecule has 0 atom stereocenters. The second kappa shape index (κ2) is 10.2. The Balaban J connectivity index is 1.26. The molecule has 3 heterocycles. The van der Waals surface area contributed by atoms with Crippen LogP contribution in [0.15, 0.2) is 77.0 Å². The standard InChI is InChI=1S/C22H24N6OS/c29-20(19-8-4-9-24-21(19)30-18-6-2-1-3-7-18)23-12-13-27-14-16-28(17-15-27)22-25-10-5-11-26-22/h1-11H,12-17H2,(H,23,29). The molecule has 2 aromatic heterocycles. The van der Waals surface area contributed by atoms with Crippen LogP contribution < -0.4 is 10.2 Å². The zero-order valence-electron chi connectivity index (χ0n) is 16.6. The maximum absolute atomic E-state index is 12.7. The molecule has 0 bridgehead atoms. The highest BCUT2D eigenvalue weighted by molar-refractivity contribution is 7.99. The third-order valence-corrected chi connectivity index (χ3v) is 5.92. The zero-order chi connectivity index (χ0) is 20.6. The van der Waals surface area contributed by atoms with Gasteiger partial charge in [0.05, 0.1) is 5.56 Å². The molecule has 1 N–H and O–H groups in total. The van der Waals surface area contributed by atoms with Crippen LogP contribution in [0.25, 0.3) is 0 Å². The van der Waals surface area contributed by atoms with Gasteiger partial charge in [-0.25, -0.2) is 15.0 Å². The lowest BCUT2D eigenvalue weighted by Gasteiger charge is -2.34. The summed E-state index contributed by atoms with van der Waals surface area (Å²) >= 11 is 1.50. The predicted molar refractivity (Wildman–Crippen MR) is 118 cm³/mol. The number of hydrogen-bond donors (Lipinski definition) is 1. The van der Waals surface area contributed by atoms with Crippen molar-refractivity contribution in [3.05, 3.63) is 72.7 Å². The van der Waals surface area contributed by atoms with Gasteiger partial charge in [0.25, 0.3) is 5.91 Å². The smallest absolute Gasteiger partial charge is 0.254 e. The molecule has 0 aliphatic carbocycles. The summed E-state index contributed by atoms with van der Waals surface area (Å²) < 4.78 is 0. The van der Waals surface area contributed by atoms with Crippen molar-refractivity contribution >= 4 is 23.6 Å². The average Bonchev–Trinajstić information content (AvgIpc) is 2.81. The van der Waals surface area contributed by atoms with Gasteiger partial charge in [-0.1, -0.05) is 30.0 Å². The number of rotatable bonds is 7. The largest absolute Gasteiger partial charge is 0.351 e. The number of aromatic nitrogens is 3. The molecule has 1 fully saturated rings. The molecule has 0 spiro atoms. The summed E-state index contributed by atoms with van der Waals surface area (Å²) in [6, 6.07) is 15.4. The van der Waals surface area contributed by atoms with Crippen LogP contribution in [0.1, 0.15) is 10.4 Å². The monoisotopic (exact) mass is 420 g/mol. The number of anilines is 1. The first-order valence-electron chi connectivity index (χ1n) is 10.00. The van der Waals surface area contributed by atoms with Gasteiger partial charge in [-0.3, -0.25) is 9.69 Å². The van der Waals surface area contributed by atoms with Crippen LogP contribution in [0.3, 0.4) is 0 Å². The van der Waals surface area contributed by atoms with Crippen LogP contribution in [0.4, 0.5) is 5.95 Å². The Labute approximate surface area is 180 Å². The van der Waals surface area contributed by atoms with E-state index in [1.807, 2.05) is 42.5 Å². The van der Waals surface area contributed by atoms with Gasteiger partial charge in [0, 0.05) is 62.8 Å². The zero-order valence-corrected chi connectivity index (χ0v) is 17.5. The first kappa shape index (κ1) is 20.3. The predicted octanol–water partition coefficient (Wildman–Crippen LogP) is 2.57. The van der Waals surface area contributed by atoms with Gasteiger partial charge in [0.15, 0.2) is 0 Å². The number of nitrogens with zero attached hydrogens (tertiary/aromatic N) is 5. The Morgan fingerprint density at radius 3 is 2.40 bits per heavy atom. The van der Waals surface area contributed by atoms with Crippen molar-refractivity contribution in [1.29, 1.82) is 0 Å². The molecule has 1 amide bonds. The highest BCUT2D eigenvalue weighted by Crippen LogP contribution is 2.28. The van der Waals surface area contributed by atoms with E-state index in [0.717, 1.165) is 48.6 Å². The summed E-state index contributed by atoms with van der Waals surface area (Å²) in [4.78, 5) is 31.4. The molecule has 7 nitrogen and oxygen atoms in total. The van der Waals surface area contributed by atoms with Crippen molar-refractivity contribution in [2.75, 3.05) is 44.2 Å². The molecule has 8 heteroatoms. The second-order valence-electron chi connectivity index (χ2n) is 6.90. The lowest BCUT2D eigenvalue weighted by molar-refractivity contribution is 0.0944. The number of carbonyl (C=O) groups excluding carboxylic acids is 1. The molecule has 1 aromatic carbocycles. The van der Waals surface area contributed by atoms with Gasteiger partial charge in [0.2, 0.25) is 5.95 Å². The Hall–Kier alpha value is -2.97. The van der Waals surface area contributed by atoms with Gasteiger partial charge in [-0.2, -0.15) is 0 Å². The van der Waals surface area contributed by atoms with E-state index >= 15 is 0 Å². The molecule has 154 valence electrons. The fourth-order valence-corrected chi connectivity index (χ4v) is 4.19. The Bertz CT molecular complexity index is 948. The molecular weight excluding hydrogens is 396 g/mol. The van der Waals surface area contributed by atoms with Gasteiger partial charge < -0.3 is 10.2 Å². The summed E-state index contributed by atoms with van der Waals surface area (Å²) in [6.07, 6.45) is 5.26. The number of nitrogens with one attached hydrogen (secondary N) is 1. The minimum Gasteiger partial charge on any atom is -0.351 e. The first-order chi connectivity index (χ1) is 14.8. The molecule has 1 saturated heterocycles. The maximum atomic E-state index is 12.7. The second-order valence-corrected chi connectivity index (χ2v) is 7.97. The van der Waals surface area contributed by atoms with Crippen LogP contribution in [0, 0.1) is 0 Å². The van der Waals surface area contributed by atoms with E-state index < -0.39 is 0 Å². The van der Waals surface area contributed by atoms with Crippen molar-refractivity contribution in [2.24, 2.45) is 0 Å². The van der Waals surface area contributed by atoms with E-state index in [9.17, 15) is 4.79 Å². The van der Waals surface area contributed by atoms with Crippen molar-refractivity contribution in [2.45, 2.75) is 9.92 Å². The van der Waals surface area contributed by atoms with E-state index in [1.165, 1.54) is 11.8 Å². The fourth-order valence-electron chi connectivity index (χ4n) is 3.29. The first-order valence-corrected chi connectivity index (χ1v) is 10.8. The Morgan fingerprint density at radius 2 is 1.63 bits per heavy atom. The quantitative estimate of drug-likeness (QED) is 0.630. The summed E-state index contributed by atoms with van der Waals surface area (Å²) in [7, 11) is 0. The summed E-state index contributed by atoms with van der Waals surface area (Å²) in [5.41, 5.74) is 0.609. The summed E-state index contributed by atoms with van der Waals surface area (Å²) in [5, 5.41) is 3.76. The molecule has 4 rings (SSSR count). The summed E-state index contributed by atoms with van der Waals surface area (Å²) in [5.74, 6) is 0.698. The van der Waals surface area contributed by atoms with Crippen LogP contribution in [0.5, 0.6) is 0 Å². The third-order valence-electron chi connectivity index (χ3n) is 4.89. The lowest BCUT2D eigenvalue weighted by Crippen LogP contribution is -2.49. The fraction of sp³-hybridized carbons (Fsp3) is 0.273. The number of hydrogen-bond acceptors (Lipinski definition) is 7. The third kappa shape index (κ3) is 5.34. The topological polar surface area (TPSA) is 74.2 Å². The van der Waals surface area contributed by atoms with Gasteiger partial charge in [-0.05, 0) is 30.3 Å². The normalized spacial score (nSPS) is 14.5. The van der Waals surface area contributed by atoms with Crippen LogP contribution in [-0.2, 0) is 0 Å². The van der Waals surface area contributed by atoms with Gasteiger partial charge in [0.1, 0.15) is 5.03 Å². The van der Waals surface area contributed by atoms with Crippen molar-refractivity contribution in [1.82, 2.24) is 25.2 Å². The number of benzene rings is 1. The van der Waals surface area contributed by atoms with Crippen molar-refractivity contribution in [3.63, 3.8) is 0 Å². The molecule has 0 unspecified atom stereocenters. The highest BCUT2D eigenvalue weighted by atomic mass is 32.2. The molecule has 0 radical (unpaired) electrons. The van der Waals surface area contributed by atoms with Crippen molar-refractivity contribution in [3.8, 4) is 0 Å². The number of piperazine rings is 1. The number of amides is 1. The van der Waals surface area contributed by atoms with E-state index in [0.29, 0.717) is 12.1 Å². The average molecular weight is 421 g/mol. The minimum atomic E-state index is -0.0853. The van der Waals surface area contributed by atoms with Gasteiger partial charge in [-0.15, -0.1) is 0 Å². The summed E-state index contributed by atoms with van der Waals surface area (Å²) in [6.45, 7) is 5.05. The Kier molecular flexibility index (Phi) is 6.89. The molecule has 0 saturated carbocycles. The Morgan fingerprint density at radius 1 is 0.900 bits per heavy atom. The van der Waals surface area contributed by atoms with E-state index in [1.54, 1.807) is 24.7 Å². The molecule has 1 aliphatic heterocycles. The van der Waals surface area contributed by atoms with Crippen molar-refractivity contribution < 1.29 is 4.79 Å². The highest BCUT2D eigenvalue weighted by Gasteiger charge is 2.19. The molecular formula is C22H24N6OS. The van der Waals surface area contributed by atoms with Gasteiger partial charge >= 0.3 is 0 Å². The molecule has 1 aliphatic rings. The number of carbonyl (C=O) groups is 1. The van der Waals surface area contributed by atoms with E-state index in [-0.39, 0.29) is 5.91 Å². The van der Waals surface area contributed by atoms with Crippen LogP contribution in [-0.4, -0.2) is 65.0 Å². The molecule has 30 heavy (non-hydrogen) atoms. The van der Waals surface area contributed by atoms with E-state index in [4.69, 9.17) is 0 Å². The minimum absolute atomic E-state index is 0.0853. The number of pyridine rings is 1. The van der Waals surface area contributed by atoms with E-state index in [2.05, 4.69) is 30.1 Å².